The van der Waals surface area contributed by atoms with Crippen LogP contribution in [0.25, 0.3) is 0 Å². The van der Waals surface area contributed by atoms with Gasteiger partial charge in [0, 0.05) is 37.8 Å². The maximum atomic E-state index is 5.68. The lowest BCUT2D eigenvalue weighted by molar-refractivity contribution is 0.00787. The molecular weight excluding hydrogens is 240 g/mol. The normalized spacial score (nSPS) is 36.0. The van der Waals surface area contributed by atoms with Crippen molar-refractivity contribution in [2.45, 2.75) is 51.3 Å². The van der Waals surface area contributed by atoms with E-state index in [1.165, 1.54) is 6.42 Å². The second-order valence-electron chi connectivity index (χ2n) is 6.06. The van der Waals surface area contributed by atoms with Gasteiger partial charge in [-0.05, 0) is 39.8 Å². The molecule has 112 valence electrons. The zero-order valence-electron chi connectivity index (χ0n) is 12.7. The summed E-state index contributed by atoms with van der Waals surface area (Å²) < 4.78 is 11.4. The maximum Gasteiger partial charge on any atom is 0.0702 e. The minimum Gasteiger partial charge on any atom is -0.381 e. The van der Waals surface area contributed by atoms with Crippen LogP contribution in [0.2, 0.25) is 0 Å². The predicted molar refractivity (Wildman–Crippen MR) is 77.5 cm³/mol. The van der Waals surface area contributed by atoms with Gasteiger partial charge in [0.15, 0.2) is 0 Å². The fourth-order valence-corrected chi connectivity index (χ4v) is 3.38. The predicted octanol–water partition coefficient (Wildman–Crippen LogP) is 1.50. The number of hydrogen-bond donors (Lipinski definition) is 1. The molecule has 0 aromatic carbocycles. The summed E-state index contributed by atoms with van der Waals surface area (Å²) in [5.74, 6) is 0.609. The number of nitrogens with zero attached hydrogens (tertiary/aromatic N) is 1. The minimum absolute atomic E-state index is 0.372. The molecule has 4 nitrogen and oxygen atoms in total. The fraction of sp³-hybridized carbons (Fsp3) is 1.00. The molecule has 2 fully saturated rings. The third-order valence-electron chi connectivity index (χ3n) is 4.56. The van der Waals surface area contributed by atoms with Crippen LogP contribution < -0.4 is 5.32 Å². The molecule has 4 atom stereocenters. The lowest BCUT2D eigenvalue weighted by Gasteiger charge is -2.37. The van der Waals surface area contributed by atoms with E-state index in [0.717, 1.165) is 45.8 Å². The van der Waals surface area contributed by atoms with Crippen molar-refractivity contribution in [3.63, 3.8) is 0 Å². The topological polar surface area (TPSA) is 33.7 Å². The van der Waals surface area contributed by atoms with Crippen LogP contribution in [0.3, 0.4) is 0 Å². The number of likely N-dealkylation sites (N-methyl/N-ethyl adjacent to an activating group) is 1. The van der Waals surface area contributed by atoms with E-state index in [2.05, 4.69) is 31.1 Å². The van der Waals surface area contributed by atoms with Crippen LogP contribution in [0.4, 0.5) is 0 Å². The largest absolute Gasteiger partial charge is 0.381 e. The van der Waals surface area contributed by atoms with Crippen molar-refractivity contribution in [3.8, 4) is 0 Å². The van der Waals surface area contributed by atoms with Crippen LogP contribution in [-0.4, -0.2) is 63.0 Å². The highest BCUT2D eigenvalue weighted by Gasteiger charge is 2.32. The molecule has 2 saturated heterocycles. The van der Waals surface area contributed by atoms with Crippen LogP contribution in [0.1, 0.15) is 33.1 Å². The average molecular weight is 270 g/mol. The Morgan fingerprint density at radius 1 is 1.26 bits per heavy atom. The zero-order chi connectivity index (χ0) is 13.7. The molecule has 0 amide bonds. The summed E-state index contributed by atoms with van der Waals surface area (Å²) >= 11 is 0. The van der Waals surface area contributed by atoms with Crippen molar-refractivity contribution in [1.29, 1.82) is 0 Å². The third kappa shape index (κ3) is 4.15. The van der Waals surface area contributed by atoms with E-state index < -0.39 is 0 Å². The summed E-state index contributed by atoms with van der Waals surface area (Å²) in [6.45, 7) is 9.37. The highest BCUT2D eigenvalue weighted by Crippen LogP contribution is 2.22. The van der Waals surface area contributed by atoms with Crippen molar-refractivity contribution in [3.05, 3.63) is 0 Å². The molecule has 2 aliphatic rings. The van der Waals surface area contributed by atoms with E-state index in [0.29, 0.717) is 24.1 Å². The Hall–Kier alpha value is -0.160. The standard InChI is InChI=1S/C15H30N2O2/c1-4-7-16-14-5-8-18-11-13(14)10-17(3)15-6-9-19-12(15)2/h12-16H,4-11H2,1-3H3. The van der Waals surface area contributed by atoms with Gasteiger partial charge in [-0.15, -0.1) is 0 Å². The Labute approximate surface area is 117 Å². The summed E-state index contributed by atoms with van der Waals surface area (Å²) in [5, 5.41) is 3.69. The first-order valence-corrected chi connectivity index (χ1v) is 7.85. The van der Waals surface area contributed by atoms with E-state index in [-0.39, 0.29) is 0 Å². The van der Waals surface area contributed by atoms with Crippen molar-refractivity contribution < 1.29 is 9.47 Å². The average Bonchev–Trinajstić information content (AvgIpc) is 2.84. The number of nitrogens with one attached hydrogen (secondary N) is 1. The van der Waals surface area contributed by atoms with E-state index in [1.807, 2.05) is 0 Å². The molecule has 4 heteroatoms. The Morgan fingerprint density at radius 3 is 2.79 bits per heavy atom. The summed E-state index contributed by atoms with van der Waals surface area (Å²) in [7, 11) is 2.24. The third-order valence-corrected chi connectivity index (χ3v) is 4.56. The molecule has 2 heterocycles. The van der Waals surface area contributed by atoms with E-state index in [4.69, 9.17) is 9.47 Å². The van der Waals surface area contributed by atoms with Gasteiger partial charge in [0.05, 0.1) is 12.7 Å². The summed E-state index contributed by atoms with van der Waals surface area (Å²) in [6, 6.07) is 1.20. The van der Waals surface area contributed by atoms with Crippen LogP contribution in [0.15, 0.2) is 0 Å². The lowest BCUT2D eigenvalue weighted by Crippen LogP contribution is -2.49. The van der Waals surface area contributed by atoms with Gasteiger partial charge in [-0.25, -0.2) is 0 Å². The first-order valence-electron chi connectivity index (χ1n) is 7.85. The first-order chi connectivity index (χ1) is 9.22. The molecule has 4 unspecified atom stereocenters. The highest BCUT2D eigenvalue weighted by atomic mass is 16.5. The van der Waals surface area contributed by atoms with Crippen molar-refractivity contribution in [2.75, 3.05) is 40.0 Å². The Kier molecular flexibility index (Phi) is 6.07. The Morgan fingerprint density at radius 2 is 2.11 bits per heavy atom. The number of rotatable bonds is 6. The fourth-order valence-electron chi connectivity index (χ4n) is 3.38. The highest BCUT2D eigenvalue weighted by molar-refractivity contribution is 4.86. The molecule has 0 radical (unpaired) electrons. The lowest BCUT2D eigenvalue weighted by atomic mass is 9.94. The van der Waals surface area contributed by atoms with Crippen LogP contribution in [0.5, 0.6) is 0 Å². The number of ether oxygens (including phenoxy) is 2. The molecule has 0 aliphatic carbocycles. The summed E-state index contributed by atoms with van der Waals surface area (Å²) in [6.07, 6.45) is 3.89. The van der Waals surface area contributed by atoms with Gasteiger partial charge in [0.25, 0.3) is 0 Å². The van der Waals surface area contributed by atoms with Gasteiger partial charge in [-0.1, -0.05) is 6.92 Å². The molecule has 0 saturated carbocycles. The molecule has 0 aromatic heterocycles. The molecule has 19 heavy (non-hydrogen) atoms. The van der Waals surface area contributed by atoms with Gasteiger partial charge in [0.1, 0.15) is 0 Å². The summed E-state index contributed by atoms with van der Waals surface area (Å²) in [5.41, 5.74) is 0. The minimum atomic E-state index is 0.372. The Balaban J connectivity index is 1.84. The van der Waals surface area contributed by atoms with E-state index in [1.54, 1.807) is 0 Å². The molecule has 0 aromatic rings. The quantitative estimate of drug-likeness (QED) is 0.793. The second-order valence-corrected chi connectivity index (χ2v) is 6.06. The smallest absolute Gasteiger partial charge is 0.0702 e. The van der Waals surface area contributed by atoms with Crippen molar-refractivity contribution in [2.24, 2.45) is 5.92 Å². The van der Waals surface area contributed by atoms with Gasteiger partial charge in [0.2, 0.25) is 0 Å². The molecule has 2 aliphatic heterocycles. The zero-order valence-corrected chi connectivity index (χ0v) is 12.7. The number of hydrogen-bond acceptors (Lipinski definition) is 4. The van der Waals surface area contributed by atoms with E-state index in [9.17, 15) is 0 Å². The second kappa shape index (κ2) is 7.58. The van der Waals surface area contributed by atoms with Gasteiger partial charge < -0.3 is 19.7 Å². The monoisotopic (exact) mass is 270 g/mol. The first kappa shape index (κ1) is 15.2. The van der Waals surface area contributed by atoms with Crippen LogP contribution >= 0.6 is 0 Å². The molecule has 2 rings (SSSR count). The van der Waals surface area contributed by atoms with Gasteiger partial charge >= 0.3 is 0 Å². The van der Waals surface area contributed by atoms with E-state index >= 15 is 0 Å². The molecule has 0 bridgehead atoms. The maximum absolute atomic E-state index is 5.68. The van der Waals surface area contributed by atoms with Gasteiger partial charge in [-0.2, -0.15) is 0 Å². The molecular formula is C15H30N2O2. The SMILES string of the molecule is CCCNC1CCOCC1CN(C)C1CCOC1C. The Bertz CT molecular complexity index is 263. The van der Waals surface area contributed by atoms with Crippen molar-refractivity contribution in [1.82, 2.24) is 10.2 Å². The van der Waals surface area contributed by atoms with Gasteiger partial charge in [-0.3, -0.25) is 0 Å². The van der Waals surface area contributed by atoms with Crippen LogP contribution in [0, 0.1) is 5.92 Å². The van der Waals surface area contributed by atoms with Crippen LogP contribution in [-0.2, 0) is 9.47 Å². The summed E-state index contributed by atoms with van der Waals surface area (Å²) in [4.78, 5) is 2.48. The molecule has 0 spiro atoms. The van der Waals surface area contributed by atoms with Crippen molar-refractivity contribution >= 4 is 0 Å². The molecule has 1 N–H and O–H groups in total.